The van der Waals surface area contributed by atoms with Gasteiger partial charge in [0.2, 0.25) is 0 Å². The predicted octanol–water partition coefficient (Wildman–Crippen LogP) is 8.03. The summed E-state index contributed by atoms with van der Waals surface area (Å²) in [6, 6.07) is 19.1. The maximum absolute atomic E-state index is 10.1. The van der Waals surface area contributed by atoms with Gasteiger partial charge in [0.05, 0.1) is 6.10 Å². The molecule has 0 aromatic heterocycles. The van der Waals surface area contributed by atoms with Crippen LogP contribution >= 0.6 is 0 Å². The molecule has 0 radical (unpaired) electrons. The topological polar surface area (TPSA) is 32.3 Å². The number of unbranched alkanes of at least 4 members (excludes halogenated alkanes) is 8. The van der Waals surface area contributed by atoms with E-state index in [9.17, 15) is 5.11 Å². The number of anilines is 2. The summed E-state index contributed by atoms with van der Waals surface area (Å²) in [6.45, 7) is 2.25. The van der Waals surface area contributed by atoms with Crippen molar-refractivity contribution in [1.29, 1.82) is 0 Å². The van der Waals surface area contributed by atoms with E-state index in [1.807, 2.05) is 18.2 Å². The number of para-hydroxylation sites is 1. The third kappa shape index (κ3) is 11.1. The molecule has 2 nitrogen and oxygen atoms in total. The van der Waals surface area contributed by atoms with Gasteiger partial charge in [-0.15, -0.1) is 0 Å². The lowest BCUT2D eigenvalue weighted by molar-refractivity contribution is 0.147. The van der Waals surface area contributed by atoms with Gasteiger partial charge in [-0.2, -0.15) is 0 Å². The molecule has 2 rings (SSSR count). The van der Waals surface area contributed by atoms with Gasteiger partial charge in [0.25, 0.3) is 0 Å². The molecule has 29 heavy (non-hydrogen) atoms. The first-order chi connectivity index (χ1) is 14.3. The Balaban J connectivity index is 1.47. The van der Waals surface area contributed by atoms with Crippen molar-refractivity contribution in [3.05, 3.63) is 60.2 Å². The van der Waals surface area contributed by atoms with Gasteiger partial charge in [-0.1, -0.05) is 95.0 Å². The number of rotatable bonds is 16. The quantitative estimate of drug-likeness (QED) is 0.282. The first kappa shape index (κ1) is 23.5. The lowest BCUT2D eigenvalue weighted by atomic mass is 10.0. The lowest BCUT2D eigenvalue weighted by Gasteiger charge is -2.10. The Morgan fingerprint density at radius 3 is 1.86 bits per heavy atom. The fraction of sp³-hybridized carbons (Fsp3) is 0.556. The van der Waals surface area contributed by atoms with E-state index >= 15 is 0 Å². The molecule has 0 aliphatic heterocycles. The van der Waals surface area contributed by atoms with Crippen molar-refractivity contribution in [3.63, 3.8) is 0 Å². The molecule has 2 heteroatoms. The van der Waals surface area contributed by atoms with Crippen LogP contribution in [0.15, 0.2) is 54.6 Å². The van der Waals surface area contributed by atoms with E-state index in [4.69, 9.17) is 0 Å². The summed E-state index contributed by atoms with van der Waals surface area (Å²) < 4.78 is 0. The molecule has 0 aliphatic rings. The van der Waals surface area contributed by atoms with Crippen LogP contribution in [0.1, 0.15) is 89.5 Å². The molecule has 0 spiro atoms. The van der Waals surface area contributed by atoms with Crippen LogP contribution in [0.2, 0.25) is 0 Å². The number of aliphatic hydroxyl groups is 1. The fourth-order valence-corrected chi connectivity index (χ4v) is 3.81. The Labute approximate surface area is 178 Å². The molecule has 2 aromatic rings. The van der Waals surface area contributed by atoms with Crippen LogP contribution in [-0.2, 0) is 6.42 Å². The number of aliphatic hydroxyl groups excluding tert-OH is 1. The Bertz CT molecular complexity index is 623. The minimum Gasteiger partial charge on any atom is -0.393 e. The largest absolute Gasteiger partial charge is 0.393 e. The van der Waals surface area contributed by atoms with Crippen molar-refractivity contribution in [2.75, 3.05) is 5.32 Å². The number of hydrogen-bond donors (Lipinski definition) is 2. The van der Waals surface area contributed by atoms with Gasteiger partial charge in [-0.25, -0.2) is 0 Å². The molecule has 0 amide bonds. The summed E-state index contributed by atoms with van der Waals surface area (Å²) >= 11 is 0. The number of benzene rings is 2. The monoisotopic (exact) mass is 395 g/mol. The lowest BCUT2D eigenvalue weighted by Crippen LogP contribution is -2.05. The molecule has 0 fully saturated rings. The SMILES string of the molecule is CCCCCCCC(O)CCCCCCCc1ccc(Nc2ccccc2)cc1. The van der Waals surface area contributed by atoms with Crippen LogP contribution in [-0.4, -0.2) is 11.2 Å². The molecular formula is C27H41NO. The van der Waals surface area contributed by atoms with Gasteiger partial charge < -0.3 is 10.4 Å². The van der Waals surface area contributed by atoms with Crippen molar-refractivity contribution in [2.24, 2.45) is 0 Å². The highest BCUT2D eigenvalue weighted by Gasteiger charge is 2.03. The fourth-order valence-electron chi connectivity index (χ4n) is 3.81. The molecule has 1 atom stereocenters. The molecule has 2 N–H and O–H groups in total. The average molecular weight is 396 g/mol. The van der Waals surface area contributed by atoms with E-state index < -0.39 is 0 Å². The van der Waals surface area contributed by atoms with Gasteiger partial charge in [-0.05, 0) is 55.5 Å². The van der Waals surface area contributed by atoms with E-state index in [0.29, 0.717) is 0 Å². The normalized spacial score (nSPS) is 12.1. The molecule has 0 saturated carbocycles. The van der Waals surface area contributed by atoms with Gasteiger partial charge >= 0.3 is 0 Å². The van der Waals surface area contributed by atoms with Crippen molar-refractivity contribution in [2.45, 2.75) is 96.5 Å². The highest BCUT2D eigenvalue weighted by molar-refractivity contribution is 5.59. The van der Waals surface area contributed by atoms with Gasteiger partial charge in [0.15, 0.2) is 0 Å². The number of aryl methyl sites for hydroxylation is 1. The van der Waals surface area contributed by atoms with Crippen LogP contribution in [0.3, 0.4) is 0 Å². The summed E-state index contributed by atoms with van der Waals surface area (Å²) in [6.07, 6.45) is 15.8. The van der Waals surface area contributed by atoms with Crippen LogP contribution in [0.5, 0.6) is 0 Å². The maximum atomic E-state index is 10.1. The smallest absolute Gasteiger partial charge is 0.0540 e. The third-order valence-electron chi connectivity index (χ3n) is 5.66. The summed E-state index contributed by atoms with van der Waals surface area (Å²) in [5.41, 5.74) is 3.69. The van der Waals surface area contributed by atoms with Crippen molar-refractivity contribution in [3.8, 4) is 0 Å². The van der Waals surface area contributed by atoms with Crippen LogP contribution in [0.4, 0.5) is 11.4 Å². The van der Waals surface area contributed by atoms with Crippen molar-refractivity contribution in [1.82, 2.24) is 0 Å². The zero-order valence-electron chi connectivity index (χ0n) is 18.4. The highest BCUT2D eigenvalue weighted by Crippen LogP contribution is 2.18. The number of nitrogens with one attached hydrogen (secondary N) is 1. The second kappa shape index (κ2) is 15.1. The molecule has 2 aromatic carbocycles. The van der Waals surface area contributed by atoms with Crippen LogP contribution in [0, 0.1) is 0 Å². The van der Waals surface area contributed by atoms with Crippen LogP contribution < -0.4 is 5.32 Å². The summed E-state index contributed by atoms with van der Waals surface area (Å²) in [5.74, 6) is 0. The summed E-state index contributed by atoms with van der Waals surface area (Å²) in [5, 5.41) is 13.5. The first-order valence-corrected chi connectivity index (χ1v) is 11.9. The molecular weight excluding hydrogens is 354 g/mol. The molecule has 0 heterocycles. The van der Waals surface area contributed by atoms with Gasteiger partial charge in [0.1, 0.15) is 0 Å². The van der Waals surface area contributed by atoms with Crippen molar-refractivity contribution < 1.29 is 5.11 Å². The van der Waals surface area contributed by atoms with Crippen LogP contribution in [0.25, 0.3) is 0 Å². The third-order valence-corrected chi connectivity index (χ3v) is 5.66. The van der Waals surface area contributed by atoms with Gasteiger partial charge in [-0.3, -0.25) is 0 Å². The highest BCUT2D eigenvalue weighted by atomic mass is 16.3. The Morgan fingerprint density at radius 2 is 1.21 bits per heavy atom. The molecule has 0 aliphatic carbocycles. The summed E-state index contributed by atoms with van der Waals surface area (Å²) in [4.78, 5) is 0. The predicted molar refractivity (Wildman–Crippen MR) is 127 cm³/mol. The van der Waals surface area contributed by atoms with E-state index in [0.717, 1.165) is 30.6 Å². The van der Waals surface area contributed by atoms with E-state index in [1.54, 1.807) is 0 Å². The zero-order valence-corrected chi connectivity index (χ0v) is 18.4. The number of hydrogen-bond acceptors (Lipinski definition) is 2. The molecule has 160 valence electrons. The minimum absolute atomic E-state index is 0.0698. The minimum atomic E-state index is -0.0698. The first-order valence-electron chi connectivity index (χ1n) is 11.9. The second-order valence-electron chi connectivity index (χ2n) is 8.35. The molecule has 1 unspecified atom stereocenters. The zero-order chi connectivity index (χ0) is 20.6. The van der Waals surface area contributed by atoms with E-state index in [2.05, 4.69) is 48.6 Å². The average Bonchev–Trinajstić information content (AvgIpc) is 2.75. The Hall–Kier alpha value is -1.80. The van der Waals surface area contributed by atoms with E-state index in [1.165, 1.54) is 69.8 Å². The second-order valence-corrected chi connectivity index (χ2v) is 8.35. The summed E-state index contributed by atoms with van der Waals surface area (Å²) in [7, 11) is 0. The standard InChI is InChI=1S/C27H41NO/c1-2-3-4-6-13-18-27(29)19-14-8-5-7-10-15-24-20-22-26(23-21-24)28-25-16-11-9-12-17-25/h9,11-12,16-17,20-23,27-29H,2-8,10,13-15,18-19H2,1H3. The Morgan fingerprint density at radius 1 is 0.655 bits per heavy atom. The Kier molecular flexibility index (Phi) is 12.2. The van der Waals surface area contributed by atoms with Crippen molar-refractivity contribution >= 4 is 11.4 Å². The van der Waals surface area contributed by atoms with E-state index in [-0.39, 0.29) is 6.10 Å². The molecule has 0 saturated heterocycles. The molecule has 0 bridgehead atoms. The van der Waals surface area contributed by atoms with Gasteiger partial charge in [0, 0.05) is 11.4 Å². The maximum Gasteiger partial charge on any atom is 0.0540 e.